The second kappa shape index (κ2) is 7.98. The van der Waals surface area contributed by atoms with Gasteiger partial charge >= 0.3 is 0 Å². The first kappa shape index (κ1) is 18.4. The lowest BCUT2D eigenvalue weighted by Gasteiger charge is -2.08. The molecular formula is C21H19BrN4O2. The summed E-state index contributed by atoms with van der Waals surface area (Å²) in [6, 6.07) is 17.7. The Morgan fingerprint density at radius 1 is 1.25 bits per heavy atom. The van der Waals surface area contributed by atoms with Crippen LogP contribution >= 0.6 is 15.9 Å². The van der Waals surface area contributed by atoms with Crippen molar-refractivity contribution in [2.24, 2.45) is 5.16 Å². The largest absolute Gasteiger partial charge is 0.382 e. The van der Waals surface area contributed by atoms with Gasteiger partial charge in [0, 0.05) is 28.7 Å². The molecule has 2 heterocycles. The number of carbonyl (C=O) groups excluding carboxylic acids is 1. The van der Waals surface area contributed by atoms with E-state index in [0.717, 1.165) is 15.7 Å². The fraction of sp³-hybridized carbons (Fsp3) is 0.190. The van der Waals surface area contributed by atoms with E-state index in [-0.39, 0.29) is 5.91 Å². The highest BCUT2D eigenvalue weighted by atomic mass is 79.9. The van der Waals surface area contributed by atoms with E-state index in [0.29, 0.717) is 18.8 Å². The van der Waals surface area contributed by atoms with Crippen molar-refractivity contribution in [1.82, 2.24) is 9.78 Å². The van der Waals surface area contributed by atoms with E-state index >= 15 is 0 Å². The molecular weight excluding hydrogens is 420 g/mol. The second-order valence-electron chi connectivity index (χ2n) is 6.66. The number of amides is 1. The van der Waals surface area contributed by atoms with Gasteiger partial charge in [-0.3, -0.25) is 9.48 Å². The lowest BCUT2D eigenvalue weighted by molar-refractivity contribution is -0.125. The van der Waals surface area contributed by atoms with Crippen LogP contribution in [0.3, 0.4) is 0 Å². The van der Waals surface area contributed by atoms with E-state index in [9.17, 15) is 4.79 Å². The Kier molecular flexibility index (Phi) is 5.25. The molecule has 3 aromatic rings. The SMILES string of the molecule is Cc1ccccc1Cn1ccc(NC(=O)[C@H]2CC(c3cccc(Br)c3)=NO2)n1. The van der Waals surface area contributed by atoms with Crippen LogP contribution in [0.5, 0.6) is 0 Å². The maximum Gasteiger partial charge on any atom is 0.269 e. The fourth-order valence-corrected chi connectivity index (χ4v) is 3.44. The van der Waals surface area contributed by atoms with Gasteiger partial charge in [0.2, 0.25) is 6.10 Å². The summed E-state index contributed by atoms with van der Waals surface area (Å²) in [5.74, 6) is 0.243. The van der Waals surface area contributed by atoms with Crippen LogP contribution in [0.25, 0.3) is 0 Å². The summed E-state index contributed by atoms with van der Waals surface area (Å²) in [5.41, 5.74) is 4.09. The molecule has 0 unspecified atom stereocenters. The summed E-state index contributed by atoms with van der Waals surface area (Å²) in [7, 11) is 0. The Hall–Kier alpha value is -2.93. The molecule has 1 atom stereocenters. The van der Waals surface area contributed by atoms with Gasteiger partial charge in [-0.15, -0.1) is 0 Å². The van der Waals surface area contributed by atoms with Gasteiger partial charge in [0.25, 0.3) is 5.91 Å². The first-order valence-electron chi connectivity index (χ1n) is 8.96. The third kappa shape index (κ3) is 4.14. The van der Waals surface area contributed by atoms with E-state index in [1.165, 1.54) is 11.1 Å². The molecule has 0 spiro atoms. The first-order valence-corrected chi connectivity index (χ1v) is 9.75. The summed E-state index contributed by atoms with van der Waals surface area (Å²) in [4.78, 5) is 17.9. The van der Waals surface area contributed by atoms with Gasteiger partial charge in [0.05, 0.1) is 12.3 Å². The molecule has 7 heteroatoms. The van der Waals surface area contributed by atoms with E-state index in [1.807, 2.05) is 42.6 Å². The van der Waals surface area contributed by atoms with Crippen LogP contribution in [0, 0.1) is 6.92 Å². The minimum absolute atomic E-state index is 0.255. The lowest BCUT2D eigenvalue weighted by Crippen LogP contribution is -2.28. The number of oxime groups is 1. The molecule has 0 saturated heterocycles. The maximum atomic E-state index is 12.5. The number of carbonyl (C=O) groups is 1. The molecule has 1 aliphatic rings. The Bertz CT molecular complexity index is 1040. The standard InChI is InChI=1S/C21H19BrN4O2/c1-14-5-2-3-6-16(14)13-26-10-9-20(24-26)23-21(27)19-12-18(25-28-19)15-7-4-8-17(22)11-15/h2-11,19H,12-13H2,1H3,(H,23,24,27)/t19-/m1/s1. The molecule has 4 rings (SSSR count). The second-order valence-corrected chi connectivity index (χ2v) is 7.58. The van der Waals surface area contributed by atoms with Crippen LogP contribution < -0.4 is 5.32 Å². The molecule has 1 amide bonds. The van der Waals surface area contributed by atoms with Crippen molar-refractivity contribution >= 4 is 33.4 Å². The van der Waals surface area contributed by atoms with Crippen LogP contribution in [0.15, 0.2) is 70.4 Å². The predicted octanol–water partition coefficient (Wildman–Crippen LogP) is 4.13. The van der Waals surface area contributed by atoms with Crippen LogP contribution in [0.1, 0.15) is 23.1 Å². The average Bonchev–Trinajstić information content (AvgIpc) is 3.33. The van der Waals surface area contributed by atoms with Gasteiger partial charge in [-0.25, -0.2) is 0 Å². The molecule has 0 radical (unpaired) electrons. The van der Waals surface area contributed by atoms with Crippen LogP contribution in [0.4, 0.5) is 5.82 Å². The zero-order valence-corrected chi connectivity index (χ0v) is 16.9. The third-order valence-electron chi connectivity index (χ3n) is 4.60. The highest BCUT2D eigenvalue weighted by Crippen LogP contribution is 2.20. The van der Waals surface area contributed by atoms with Gasteiger partial charge in [0.1, 0.15) is 0 Å². The molecule has 2 aromatic carbocycles. The molecule has 1 aromatic heterocycles. The van der Waals surface area contributed by atoms with E-state index in [1.54, 1.807) is 10.7 Å². The van der Waals surface area contributed by atoms with Crippen LogP contribution in [-0.2, 0) is 16.2 Å². The van der Waals surface area contributed by atoms with Crippen LogP contribution in [-0.4, -0.2) is 27.5 Å². The number of hydrogen-bond donors (Lipinski definition) is 1. The number of anilines is 1. The highest BCUT2D eigenvalue weighted by molar-refractivity contribution is 9.10. The zero-order chi connectivity index (χ0) is 19.5. The van der Waals surface area contributed by atoms with Crippen molar-refractivity contribution in [3.05, 3.63) is 82.0 Å². The molecule has 1 aliphatic heterocycles. The number of rotatable bonds is 5. The normalized spacial score (nSPS) is 15.8. The fourth-order valence-electron chi connectivity index (χ4n) is 3.04. The number of nitrogens with one attached hydrogen (secondary N) is 1. The lowest BCUT2D eigenvalue weighted by atomic mass is 10.0. The Labute approximate surface area is 171 Å². The summed E-state index contributed by atoms with van der Waals surface area (Å²) >= 11 is 3.44. The Morgan fingerprint density at radius 3 is 2.93 bits per heavy atom. The molecule has 1 N–H and O–H groups in total. The van der Waals surface area contributed by atoms with E-state index in [4.69, 9.17) is 4.84 Å². The summed E-state index contributed by atoms with van der Waals surface area (Å²) < 4.78 is 2.76. The van der Waals surface area contributed by atoms with E-state index in [2.05, 4.69) is 50.6 Å². The molecule has 0 aliphatic carbocycles. The van der Waals surface area contributed by atoms with Gasteiger partial charge in [-0.05, 0) is 30.2 Å². The number of aromatic nitrogens is 2. The van der Waals surface area contributed by atoms with Gasteiger partial charge < -0.3 is 10.2 Å². The molecule has 0 bridgehead atoms. The molecule has 0 saturated carbocycles. The van der Waals surface area contributed by atoms with Crippen molar-refractivity contribution in [3.63, 3.8) is 0 Å². The third-order valence-corrected chi connectivity index (χ3v) is 5.10. The average molecular weight is 439 g/mol. The number of aryl methyl sites for hydroxylation is 1. The smallest absolute Gasteiger partial charge is 0.269 e. The highest BCUT2D eigenvalue weighted by Gasteiger charge is 2.29. The minimum Gasteiger partial charge on any atom is -0.382 e. The number of nitrogens with zero attached hydrogens (tertiary/aromatic N) is 3. The van der Waals surface area contributed by atoms with Gasteiger partial charge in [-0.1, -0.05) is 57.5 Å². The van der Waals surface area contributed by atoms with Crippen molar-refractivity contribution in [2.45, 2.75) is 26.0 Å². The maximum absolute atomic E-state index is 12.5. The molecule has 6 nitrogen and oxygen atoms in total. The zero-order valence-electron chi connectivity index (χ0n) is 15.3. The van der Waals surface area contributed by atoms with Crippen molar-refractivity contribution in [3.8, 4) is 0 Å². The van der Waals surface area contributed by atoms with Crippen molar-refractivity contribution in [2.75, 3.05) is 5.32 Å². The molecule has 142 valence electrons. The number of benzene rings is 2. The number of hydrogen-bond acceptors (Lipinski definition) is 4. The molecule has 0 fully saturated rings. The summed E-state index contributed by atoms with van der Waals surface area (Å²) in [6.45, 7) is 2.72. The Balaban J connectivity index is 1.36. The quantitative estimate of drug-likeness (QED) is 0.650. The van der Waals surface area contributed by atoms with E-state index < -0.39 is 6.10 Å². The summed E-state index contributed by atoms with van der Waals surface area (Å²) in [6.07, 6.45) is 1.61. The predicted molar refractivity (Wildman–Crippen MR) is 111 cm³/mol. The monoisotopic (exact) mass is 438 g/mol. The topological polar surface area (TPSA) is 68.5 Å². The van der Waals surface area contributed by atoms with Crippen molar-refractivity contribution in [1.29, 1.82) is 0 Å². The summed E-state index contributed by atoms with van der Waals surface area (Å²) in [5, 5.41) is 11.3. The number of halogens is 1. The van der Waals surface area contributed by atoms with Crippen molar-refractivity contribution < 1.29 is 9.63 Å². The molecule has 28 heavy (non-hydrogen) atoms. The van der Waals surface area contributed by atoms with Gasteiger partial charge in [-0.2, -0.15) is 5.10 Å². The Morgan fingerprint density at radius 2 is 2.11 bits per heavy atom. The van der Waals surface area contributed by atoms with Gasteiger partial charge in [0.15, 0.2) is 5.82 Å². The first-order chi connectivity index (χ1) is 13.6. The minimum atomic E-state index is -0.657. The van der Waals surface area contributed by atoms with Crippen LogP contribution in [0.2, 0.25) is 0 Å².